The van der Waals surface area contributed by atoms with Gasteiger partial charge in [-0.2, -0.15) is 5.26 Å². The number of hydrogen-bond acceptors (Lipinski definition) is 7. The molecule has 1 saturated heterocycles. The summed E-state index contributed by atoms with van der Waals surface area (Å²) in [6.45, 7) is 1.43. The van der Waals surface area contributed by atoms with E-state index in [1.807, 2.05) is 53.0 Å². The second-order valence-electron chi connectivity index (χ2n) is 6.94. The smallest absolute Gasteiger partial charge is 0.158 e. The third kappa shape index (κ3) is 4.56. The van der Waals surface area contributed by atoms with Crippen LogP contribution in [0.1, 0.15) is 11.3 Å². The Hall–Kier alpha value is -3.35. The molecule has 0 bridgehead atoms. The summed E-state index contributed by atoms with van der Waals surface area (Å²) in [7, 11) is 1.90. The van der Waals surface area contributed by atoms with Crippen molar-refractivity contribution in [2.75, 3.05) is 25.5 Å². The van der Waals surface area contributed by atoms with Crippen LogP contribution in [0, 0.1) is 11.3 Å². The van der Waals surface area contributed by atoms with Gasteiger partial charge in [-0.1, -0.05) is 12.1 Å². The fraction of sp³-hybridized carbons (Fsp3) is 0.300. The molecule has 3 aromatic rings. The monoisotopic (exact) mass is 393 g/mol. The molecule has 2 unspecified atom stereocenters. The SMILES string of the molecule is CN1CC(F)C(OCc2ccc(-n3cnc(Nc4cnc(C#N)cn4)c3)cc2)C1. The van der Waals surface area contributed by atoms with Gasteiger partial charge >= 0.3 is 0 Å². The highest BCUT2D eigenvalue weighted by Crippen LogP contribution is 2.19. The van der Waals surface area contributed by atoms with Crippen LogP contribution in [0.5, 0.6) is 0 Å². The number of benzene rings is 1. The Balaban J connectivity index is 1.36. The van der Waals surface area contributed by atoms with Crippen molar-refractivity contribution in [2.24, 2.45) is 0 Å². The molecule has 0 radical (unpaired) electrons. The van der Waals surface area contributed by atoms with Crippen LogP contribution in [0.15, 0.2) is 49.2 Å². The molecule has 1 aliphatic rings. The first-order valence-corrected chi connectivity index (χ1v) is 9.17. The van der Waals surface area contributed by atoms with Crippen LogP contribution in [0.3, 0.4) is 0 Å². The third-order valence-corrected chi connectivity index (χ3v) is 4.68. The van der Waals surface area contributed by atoms with Crippen molar-refractivity contribution in [3.05, 3.63) is 60.4 Å². The average Bonchev–Trinajstić information content (AvgIpc) is 3.33. The van der Waals surface area contributed by atoms with Crippen molar-refractivity contribution in [3.63, 3.8) is 0 Å². The van der Waals surface area contributed by atoms with Gasteiger partial charge in [0.15, 0.2) is 5.69 Å². The molecular formula is C20H20FN7O. The minimum atomic E-state index is -0.933. The molecule has 1 aliphatic heterocycles. The second kappa shape index (κ2) is 8.34. The molecule has 0 spiro atoms. The van der Waals surface area contributed by atoms with Crippen molar-refractivity contribution >= 4 is 11.6 Å². The minimum absolute atomic E-state index is 0.257. The van der Waals surface area contributed by atoms with E-state index in [9.17, 15) is 4.39 Å². The largest absolute Gasteiger partial charge is 0.369 e. The molecule has 4 rings (SSSR count). The van der Waals surface area contributed by atoms with Gasteiger partial charge in [0.2, 0.25) is 0 Å². The number of nitrogens with zero attached hydrogens (tertiary/aromatic N) is 6. The summed E-state index contributed by atoms with van der Waals surface area (Å²) >= 11 is 0. The normalized spacial score (nSPS) is 19.2. The lowest BCUT2D eigenvalue weighted by Crippen LogP contribution is -2.23. The topological polar surface area (TPSA) is 91.9 Å². The number of anilines is 2. The number of aromatic nitrogens is 4. The number of nitriles is 1. The maximum atomic E-state index is 13.8. The number of imidazole rings is 1. The molecule has 148 valence electrons. The van der Waals surface area contributed by atoms with Crippen LogP contribution in [0.4, 0.5) is 16.0 Å². The molecule has 1 N–H and O–H groups in total. The summed E-state index contributed by atoms with van der Waals surface area (Å²) in [5, 5.41) is 11.8. The van der Waals surface area contributed by atoms with E-state index in [-0.39, 0.29) is 11.8 Å². The molecule has 3 heterocycles. The van der Waals surface area contributed by atoms with Crippen molar-refractivity contribution in [1.29, 1.82) is 5.26 Å². The quantitative estimate of drug-likeness (QED) is 0.688. The van der Waals surface area contributed by atoms with E-state index in [1.54, 1.807) is 6.33 Å². The van der Waals surface area contributed by atoms with Crippen molar-refractivity contribution in [1.82, 2.24) is 24.4 Å². The van der Waals surface area contributed by atoms with Crippen LogP contribution < -0.4 is 5.32 Å². The maximum Gasteiger partial charge on any atom is 0.158 e. The van der Waals surface area contributed by atoms with Crippen molar-refractivity contribution in [3.8, 4) is 11.8 Å². The lowest BCUT2D eigenvalue weighted by atomic mass is 10.2. The summed E-state index contributed by atoms with van der Waals surface area (Å²) in [5.74, 6) is 1.11. The van der Waals surface area contributed by atoms with E-state index >= 15 is 0 Å². The van der Waals surface area contributed by atoms with Crippen LogP contribution in [0.25, 0.3) is 5.69 Å². The summed E-state index contributed by atoms with van der Waals surface area (Å²) < 4.78 is 21.4. The van der Waals surface area contributed by atoms with E-state index in [0.29, 0.717) is 31.3 Å². The van der Waals surface area contributed by atoms with Crippen LogP contribution in [-0.2, 0) is 11.3 Å². The number of rotatable bonds is 6. The van der Waals surface area contributed by atoms with E-state index in [1.165, 1.54) is 12.4 Å². The van der Waals surface area contributed by atoms with Crippen LogP contribution in [-0.4, -0.2) is 56.8 Å². The highest BCUT2D eigenvalue weighted by Gasteiger charge is 2.31. The Labute approximate surface area is 167 Å². The van der Waals surface area contributed by atoms with Crippen molar-refractivity contribution < 1.29 is 9.13 Å². The first-order chi connectivity index (χ1) is 14.1. The van der Waals surface area contributed by atoms with E-state index in [0.717, 1.165) is 11.3 Å². The number of likely N-dealkylation sites (tertiary alicyclic amines) is 1. The third-order valence-electron chi connectivity index (χ3n) is 4.68. The van der Waals surface area contributed by atoms with Gasteiger partial charge in [0.1, 0.15) is 36.3 Å². The minimum Gasteiger partial charge on any atom is -0.369 e. The number of hydrogen-bond donors (Lipinski definition) is 1. The number of alkyl halides is 1. The second-order valence-corrected chi connectivity index (χ2v) is 6.94. The molecule has 0 saturated carbocycles. The molecule has 2 aromatic heterocycles. The molecule has 0 aliphatic carbocycles. The standard InChI is InChI=1S/C20H20FN7O/c1-27-9-17(21)18(10-27)29-12-14-2-4-16(5-3-14)28-11-20(25-13-28)26-19-8-23-15(6-22)7-24-19/h2-5,7-8,11,13,17-18H,9-10,12H2,1H3,(H,24,26). The van der Waals surface area contributed by atoms with E-state index in [2.05, 4.69) is 20.3 Å². The van der Waals surface area contributed by atoms with Crippen molar-refractivity contribution in [2.45, 2.75) is 18.9 Å². The zero-order valence-electron chi connectivity index (χ0n) is 15.9. The van der Waals surface area contributed by atoms with Crippen LogP contribution >= 0.6 is 0 Å². The predicted molar refractivity (Wildman–Crippen MR) is 105 cm³/mol. The van der Waals surface area contributed by atoms with Gasteiger partial charge < -0.3 is 19.5 Å². The summed E-state index contributed by atoms with van der Waals surface area (Å²) in [5.41, 5.74) is 2.18. The van der Waals surface area contributed by atoms with Gasteiger partial charge in [0.05, 0.1) is 25.2 Å². The zero-order valence-corrected chi connectivity index (χ0v) is 15.9. The maximum absolute atomic E-state index is 13.8. The Bertz CT molecular complexity index is 997. The molecule has 29 heavy (non-hydrogen) atoms. The average molecular weight is 393 g/mol. The first kappa shape index (κ1) is 19.0. The number of ether oxygens (including phenoxy) is 1. The van der Waals surface area contributed by atoms with Gasteiger partial charge in [0.25, 0.3) is 0 Å². The van der Waals surface area contributed by atoms with E-state index < -0.39 is 6.17 Å². The number of halogens is 1. The highest BCUT2D eigenvalue weighted by atomic mass is 19.1. The summed E-state index contributed by atoms with van der Waals surface area (Å²) in [4.78, 5) is 14.3. The Morgan fingerprint density at radius 1 is 1.17 bits per heavy atom. The Morgan fingerprint density at radius 3 is 2.66 bits per heavy atom. The van der Waals surface area contributed by atoms with Crippen LogP contribution in [0.2, 0.25) is 0 Å². The molecule has 0 amide bonds. The predicted octanol–water partition coefficient (Wildman–Crippen LogP) is 2.45. The number of nitrogens with one attached hydrogen (secondary N) is 1. The first-order valence-electron chi connectivity index (χ1n) is 9.17. The fourth-order valence-electron chi connectivity index (χ4n) is 3.15. The van der Waals surface area contributed by atoms with Gasteiger partial charge in [0, 0.05) is 18.8 Å². The summed E-state index contributed by atoms with van der Waals surface area (Å²) in [6.07, 6.45) is 5.09. The molecular weight excluding hydrogens is 373 g/mol. The van der Waals surface area contributed by atoms with E-state index in [4.69, 9.17) is 10.00 Å². The van der Waals surface area contributed by atoms with Gasteiger partial charge in [-0.15, -0.1) is 0 Å². The molecule has 1 fully saturated rings. The van der Waals surface area contributed by atoms with Gasteiger partial charge in [-0.05, 0) is 24.7 Å². The molecule has 8 nitrogen and oxygen atoms in total. The summed E-state index contributed by atoms with van der Waals surface area (Å²) in [6, 6.07) is 9.76. The fourth-order valence-corrected chi connectivity index (χ4v) is 3.15. The lowest BCUT2D eigenvalue weighted by molar-refractivity contribution is 0.0120. The Morgan fingerprint density at radius 2 is 2.00 bits per heavy atom. The Kier molecular flexibility index (Phi) is 5.46. The molecule has 9 heteroatoms. The van der Waals surface area contributed by atoms with Gasteiger partial charge in [-0.25, -0.2) is 19.3 Å². The van der Waals surface area contributed by atoms with Gasteiger partial charge in [-0.3, -0.25) is 0 Å². The molecule has 1 aromatic carbocycles. The zero-order chi connectivity index (χ0) is 20.2. The lowest BCUT2D eigenvalue weighted by Gasteiger charge is -2.14. The number of likely N-dealkylation sites (N-methyl/N-ethyl adjacent to an activating group) is 1. The highest BCUT2D eigenvalue weighted by molar-refractivity contribution is 5.51. The molecule has 2 atom stereocenters.